The largest absolute Gasteiger partial charge is 0.319 e. The molecule has 1 aromatic rings. The van der Waals surface area contributed by atoms with Gasteiger partial charge in [-0.1, -0.05) is 81.7 Å². The zero-order valence-electron chi connectivity index (χ0n) is 14.5. The monoisotopic (exact) mass is 289 g/mol. The van der Waals surface area contributed by atoms with Crippen LogP contribution in [0.4, 0.5) is 0 Å². The Kier molecular flexibility index (Phi) is 10.2. The molecule has 0 aliphatic carbocycles. The molecular formula is C20H35N. The highest BCUT2D eigenvalue weighted by Gasteiger charge is 2.08. The molecule has 0 aliphatic rings. The molecule has 1 N–H and O–H groups in total. The fourth-order valence-corrected chi connectivity index (χ4v) is 3.01. The molecule has 0 aromatic heterocycles. The van der Waals surface area contributed by atoms with E-state index in [2.05, 4.69) is 50.5 Å². The molecule has 0 heterocycles. The molecule has 1 rings (SSSR count). The Bertz CT molecular complexity index is 341. The number of nitrogens with one attached hydrogen (secondary N) is 1. The van der Waals surface area contributed by atoms with Crippen molar-refractivity contribution < 1.29 is 0 Å². The summed E-state index contributed by atoms with van der Waals surface area (Å²) in [5.74, 6) is 0.786. The number of hydrogen-bond acceptors (Lipinski definition) is 1. The summed E-state index contributed by atoms with van der Waals surface area (Å²) >= 11 is 0. The second kappa shape index (κ2) is 11.8. The normalized spacial score (nSPS) is 12.5. The molecule has 0 spiro atoms. The van der Waals surface area contributed by atoms with Gasteiger partial charge in [0.1, 0.15) is 0 Å². The van der Waals surface area contributed by atoms with Crippen molar-refractivity contribution in [1.29, 1.82) is 0 Å². The Morgan fingerprint density at radius 3 is 2.14 bits per heavy atom. The van der Waals surface area contributed by atoms with Crippen molar-refractivity contribution in [3.05, 3.63) is 35.4 Å². The van der Waals surface area contributed by atoms with Gasteiger partial charge in [-0.05, 0) is 44.8 Å². The second-order valence-corrected chi connectivity index (χ2v) is 6.52. The first-order valence-corrected chi connectivity index (χ1v) is 8.96. The minimum atomic E-state index is 0.786. The molecule has 21 heavy (non-hydrogen) atoms. The van der Waals surface area contributed by atoms with E-state index in [9.17, 15) is 0 Å². The predicted octanol–water partition coefficient (Wildman–Crippen LogP) is 5.51. The van der Waals surface area contributed by atoms with E-state index in [4.69, 9.17) is 0 Å². The van der Waals surface area contributed by atoms with Gasteiger partial charge >= 0.3 is 0 Å². The third-order valence-electron chi connectivity index (χ3n) is 4.35. The van der Waals surface area contributed by atoms with Crippen LogP contribution >= 0.6 is 0 Å². The fourth-order valence-electron chi connectivity index (χ4n) is 3.01. The summed E-state index contributed by atoms with van der Waals surface area (Å²) in [6.45, 7) is 5.59. The van der Waals surface area contributed by atoms with E-state index in [1.54, 1.807) is 0 Å². The highest BCUT2D eigenvalue weighted by atomic mass is 14.8. The first-order chi connectivity index (χ1) is 10.3. The quantitative estimate of drug-likeness (QED) is 0.500. The topological polar surface area (TPSA) is 12.0 Å². The van der Waals surface area contributed by atoms with Crippen LogP contribution in [0.25, 0.3) is 0 Å². The first kappa shape index (κ1) is 18.2. The maximum absolute atomic E-state index is 3.37. The van der Waals surface area contributed by atoms with Gasteiger partial charge in [0.05, 0.1) is 0 Å². The molecule has 1 heteroatoms. The third-order valence-corrected chi connectivity index (χ3v) is 4.35. The second-order valence-electron chi connectivity index (χ2n) is 6.52. The van der Waals surface area contributed by atoms with E-state index < -0.39 is 0 Å². The molecule has 1 nitrogen and oxygen atoms in total. The van der Waals surface area contributed by atoms with E-state index in [0.29, 0.717) is 0 Å². The van der Waals surface area contributed by atoms with Crippen LogP contribution in [0, 0.1) is 12.8 Å². The summed E-state index contributed by atoms with van der Waals surface area (Å²) in [6, 6.07) is 9.06. The SMILES string of the molecule is CCCCCCCCCC(CNC)Cc1ccc(C)cc1. The zero-order chi connectivity index (χ0) is 15.3. The van der Waals surface area contributed by atoms with Gasteiger partial charge < -0.3 is 5.32 Å². The number of hydrogen-bond donors (Lipinski definition) is 1. The maximum Gasteiger partial charge on any atom is -0.00203 e. The highest BCUT2D eigenvalue weighted by molar-refractivity contribution is 5.21. The molecule has 1 aromatic carbocycles. The van der Waals surface area contributed by atoms with E-state index >= 15 is 0 Å². The third kappa shape index (κ3) is 8.93. The van der Waals surface area contributed by atoms with E-state index in [1.807, 2.05) is 0 Å². The zero-order valence-corrected chi connectivity index (χ0v) is 14.5. The molecule has 0 saturated heterocycles. The maximum atomic E-state index is 3.37. The summed E-state index contributed by atoms with van der Waals surface area (Å²) < 4.78 is 0. The Morgan fingerprint density at radius 2 is 1.52 bits per heavy atom. The fraction of sp³-hybridized carbons (Fsp3) is 0.700. The van der Waals surface area contributed by atoms with Gasteiger partial charge in [-0.25, -0.2) is 0 Å². The highest BCUT2D eigenvalue weighted by Crippen LogP contribution is 2.17. The van der Waals surface area contributed by atoms with Crippen molar-refractivity contribution in [2.45, 2.75) is 71.6 Å². The molecule has 1 atom stereocenters. The Morgan fingerprint density at radius 1 is 0.905 bits per heavy atom. The first-order valence-electron chi connectivity index (χ1n) is 8.96. The van der Waals surface area contributed by atoms with E-state index in [-0.39, 0.29) is 0 Å². The van der Waals surface area contributed by atoms with Crippen molar-refractivity contribution in [1.82, 2.24) is 5.32 Å². The summed E-state index contributed by atoms with van der Waals surface area (Å²) in [4.78, 5) is 0. The van der Waals surface area contributed by atoms with Crippen LogP contribution in [0.1, 0.15) is 69.4 Å². The molecule has 0 bridgehead atoms. The van der Waals surface area contributed by atoms with Crippen molar-refractivity contribution in [2.24, 2.45) is 5.92 Å². The molecule has 120 valence electrons. The van der Waals surface area contributed by atoms with Gasteiger partial charge in [0.25, 0.3) is 0 Å². The predicted molar refractivity (Wildman–Crippen MR) is 94.9 cm³/mol. The Labute approximate surface area is 132 Å². The average molecular weight is 290 g/mol. The van der Waals surface area contributed by atoms with E-state index in [1.165, 1.54) is 68.9 Å². The van der Waals surface area contributed by atoms with Gasteiger partial charge in [-0.3, -0.25) is 0 Å². The summed E-state index contributed by atoms with van der Waals surface area (Å²) in [5, 5.41) is 3.37. The molecule has 0 fully saturated rings. The average Bonchev–Trinajstić information content (AvgIpc) is 2.49. The molecule has 0 amide bonds. The number of unbranched alkanes of at least 4 members (excludes halogenated alkanes) is 6. The van der Waals surface area contributed by atoms with Gasteiger partial charge in [-0.15, -0.1) is 0 Å². The van der Waals surface area contributed by atoms with Crippen LogP contribution in [0.15, 0.2) is 24.3 Å². The summed E-state index contributed by atoms with van der Waals surface area (Å²) in [5.41, 5.74) is 2.85. The van der Waals surface area contributed by atoms with Gasteiger partial charge in [-0.2, -0.15) is 0 Å². The van der Waals surface area contributed by atoms with Crippen LogP contribution in [0.2, 0.25) is 0 Å². The lowest BCUT2D eigenvalue weighted by atomic mass is 9.93. The van der Waals surface area contributed by atoms with E-state index in [0.717, 1.165) is 12.5 Å². The van der Waals surface area contributed by atoms with Gasteiger partial charge in [0.2, 0.25) is 0 Å². The van der Waals surface area contributed by atoms with Crippen LogP contribution in [-0.2, 0) is 6.42 Å². The van der Waals surface area contributed by atoms with Gasteiger partial charge in [0, 0.05) is 0 Å². The Hall–Kier alpha value is -0.820. The van der Waals surface area contributed by atoms with Crippen LogP contribution in [0.3, 0.4) is 0 Å². The Balaban J connectivity index is 2.21. The number of rotatable bonds is 12. The smallest absolute Gasteiger partial charge is 0.00203 e. The molecule has 0 saturated carbocycles. The number of aryl methyl sites for hydroxylation is 1. The summed E-state index contributed by atoms with van der Waals surface area (Å²) in [6.07, 6.45) is 12.4. The lowest BCUT2D eigenvalue weighted by Crippen LogP contribution is -2.20. The molecule has 0 aliphatic heterocycles. The lowest BCUT2D eigenvalue weighted by molar-refractivity contribution is 0.432. The minimum absolute atomic E-state index is 0.786. The van der Waals surface area contributed by atoms with Crippen molar-refractivity contribution in [3.63, 3.8) is 0 Å². The molecular weight excluding hydrogens is 254 g/mol. The standard InChI is InChI=1S/C20H35N/c1-4-5-6-7-8-9-10-11-20(17-21-3)16-19-14-12-18(2)13-15-19/h12-15,20-21H,4-11,16-17H2,1-3H3. The van der Waals surface area contributed by atoms with Crippen LogP contribution in [-0.4, -0.2) is 13.6 Å². The molecule has 0 radical (unpaired) electrons. The van der Waals surface area contributed by atoms with Crippen molar-refractivity contribution in [3.8, 4) is 0 Å². The van der Waals surface area contributed by atoms with Crippen molar-refractivity contribution >= 4 is 0 Å². The number of benzene rings is 1. The van der Waals surface area contributed by atoms with Crippen LogP contribution < -0.4 is 5.32 Å². The lowest BCUT2D eigenvalue weighted by Gasteiger charge is -2.16. The van der Waals surface area contributed by atoms with Gasteiger partial charge in [0.15, 0.2) is 0 Å². The molecule has 1 unspecified atom stereocenters. The summed E-state index contributed by atoms with van der Waals surface area (Å²) in [7, 11) is 2.08. The van der Waals surface area contributed by atoms with Crippen LogP contribution in [0.5, 0.6) is 0 Å². The van der Waals surface area contributed by atoms with Crippen molar-refractivity contribution in [2.75, 3.05) is 13.6 Å². The minimum Gasteiger partial charge on any atom is -0.319 e.